The molecule has 0 heterocycles. The van der Waals surface area contributed by atoms with Gasteiger partial charge in [0.15, 0.2) is 0 Å². The third kappa shape index (κ3) is 2.63. The Kier molecular flexibility index (Phi) is 3.57. The summed E-state index contributed by atoms with van der Waals surface area (Å²) in [5.41, 5.74) is 1.41. The number of nitrogens with zero attached hydrogens (tertiary/aromatic N) is 1. The number of aryl methyl sites for hydroxylation is 1. The molecule has 4 nitrogen and oxygen atoms in total. The molecule has 0 spiro atoms. The molecule has 0 aliphatic rings. The molecular formula is C11H13NO3. The summed E-state index contributed by atoms with van der Waals surface area (Å²) in [6.07, 6.45) is 0. The molecule has 0 aromatic heterocycles. The predicted octanol–water partition coefficient (Wildman–Crippen LogP) is 1.20. The fourth-order valence-electron chi connectivity index (χ4n) is 1.05. The van der Waals surface area contributed by atoms with Crippen LogP contribution < -0.4 is 0 Å². The van der Waals surface area contributed by atoms with Crippen molar-refractivity contribution >= 4 is 11.7 Å². The number of hydrogen-bond donors (Lipinski definition) is 0. The fraction of sp³-hybridized carbons (Fsp3) is 0.273. The molecule has 4 heteroatoms. The molecule has 0 atom stereocenters. The van der Waals surface area contributed by atoms with E-state index in [4.69, 9.17) is 0 Å². The second-order valence-electron chi connectivity index (χ2n) is 3.18. The molecule has 0 aliphatic carbocycles. The molecule has 0 radical (unpaired) electrons. The van der Waals surface area contributed by atoms with Gasteiger partial charge in [-0.3, -0.25) is 14.4 Å². The van der Waals surface area contributed by atoms with Crippen LogP contribution in [0.1, 0.15) is 15.9 Å². The minimum Gasteiger partial charge on any atom is -0.283 e. The van der Waals surface area contributed by atoms with Crippen LogP contribution in [0.3, 0.4) is 0 Å². The average Bonchev–Trinajstić information content (AvgIpc) is 2.27. The van der Waals surface area contributed by atoms with E-state index in [0.717, 1.165) is 10.6 Å². The van der Waals surface area contributed by atoms with Crippen molar-refractivity contribution in [1.82, 2.24) is 5.06 Å². The van der Waals surface area contributed by atoms with Gasteiger partial charge in [0.1, 0.15) is 0 Å². The number of rotatable bonds is 3. The Hall–Kier alpha value is -1.68. The molecule has 0 aliphatic heterocycles. The second-order valence-corrected chi connectivity index (χ2v) is 3.18. The molecule has 0 fully saturated rings. The van der Waals surface area contributed by atoms with Crippen molar-refractivity contribution in [3.05, 3.63) is 35.4 Å². The zero-order valence-electron chi connectivity index (χ0n) is 8.98. The number of carbonyl (C=O) groups is 2. The number of benzene rings is 1. The molecule has 0 N–H and O–H groups in total. The first-order valence-electron chi connectivity index (χ1n) is 4.49. The van der Waals surface area contributed by atoms with E-state index in [-0.39, 0.29) is 0 Å². The summed E-state index contributed by atoms with van der Waals surface area (Å²) in [6, 6.07) is 6.82. The van der Waals surface area contributed by atoms with Crippen LogP contribution >= 0.6 is 0 Å². The van der Waals surface area contributed by atoms with Gasteiger partial charge in [-0.15, -0.1) is 0 Å². The minimum atomic E-state index is -0.679. The van der Waals surface area contributed by atoms with Gasteiger partial charge in [0.2, 0.25) is 0 Å². The molecule has 80 valence electrons. The molecule has 1 rings (SSSR count). The Morgan fingerprint density at radius 3 is 2.20 bits per heavy atom. The quantitative estimate of drug-likeness (QED) is 0.425. The lowest BCUT2D eigenvalue weighted by molar-refractivity contribution is -0.162. The highest BCUT2D eigenvalue weighted by molar-refractivity contribution is 6.42. The normalized spacial score (nSPS) is 9.80. The van der Waals surface area contributed by atoms with Crippen molar-refractivity contribution in [2.45, 2.75) is 6.92 Å². The Bertz CT molecular complexity index is 370. The van der Waals surface area contributed by atoms with E-state index in [0.29, 0.717) is 5.56 Å². The van der Waals surface area contributed by atoms with E-state index in [1.807, 2.05) is 6.92 Å². The van der Waals surface area contributed by atoms with Gasteiger partial charge in [-0.05, 0) is 6.92 Å². The van der Waals surface area contributed by atoms with Gasteiger partial charge in [-0.1, -0.05) is 29.8 Å². The van der Waals surface area contributed by atoms with Crippen molar-refractivity contribution in [1.29, 1.82) is 0 Å². The first-order valence-corrected chi connectivity index (χ1v) is 4.49. The highest BCUT2D eigenvalue weighted by atomic mass is 16.7. The lowest BCUT2D eigenvalue weighted by Gasteiger charge is -2.12. The molecule has 1 aromatic carbocycles. The first-order chi connectivity index (χ1) is 7.06. The number of Topliss-reactive ketones (excluding diaryl/α,β-unsaturated/α-hetero) is 1. The van der Waals surface area contributed by atoms with Crippen LogP contribution in [0.4, 0.5) is 0 Å². The zero-order chi connectivity index (χ0) is 11.4. The van der Waals surface area contributed by atoms with E-state index in [2.05, 4.69) is 4.84 Å². The van der Waals surface area contributed by atoms with Gasteiger partial charge < -0.3 is 0 Å². The first kappa shape index (κ1) is 11.4. The Balaban J connectivity index is 2.85. The third-order valence-corrected chi connectivity index (χ3v) is 2.07. The molecule has 15 heavy (non-hydrogen) atoms. The Morgan fingerprint density at radius 1 is 1.20 bits per heavy atom. The summed E-state index contributed by atoms with van der Waals surface area (Å²) in [7, 11) is 2.73. The van der Waals surface area contributed by atoms with Crippen LogP contribution in [0, 0.1) is 6.92 Å². The minimum absolute atomic E-state index is 0.370. The SMILES string of the molecule is CON(C)C(=O)C(=O)c1ccc(C)cc1. The largest absolute Gasteiger partial charge is 0.318 e. The summed E-state index contributed by atoms with van der Waals surface area (Å²) in [6.45, 7) is 1.91. The summed E-state index contributed by atoms with van der Waals surface area (Å²) in [5, 5.41) is 0.905. The van der Waals surface area contributed by atoms with Gasteiger partial charge in [0.25, 0.3) is 5.78 Å². The highest BCUT2D eigenvalue weighted by Gasteiger charge is 2.20. The van der Waals surface area contributed by atoms with Crippen LogP contribution in [-0.4, -0.2) is 30.9 Å². The number of likely N-dealkylation sites (N-methyl/N-ethyl adjacent to an activating group) is 1. The van der Waals surface area contributed by atoms with Crippen LogP contribution in [0.2, 0.25) is 0 Å². The number of hydroxylamine groups is 2. The molecule has 0 saturated heterocycles. The molecule has 0 saturated carbocycles. The standard InChI is InChI=1S/C11H13NO3/c1-8-4-6-9(7-5-8)10(13)11(14)12(2)15-3/h4-7H,1-3H3. The van der Waals surface area contributed by atoms with E-state index in [9.17, 15) is 9.59 Å². The smallest absolute Gasteiger partial charge is 0.283 e. The van der Waals surface area contributed by atoms with Crippen LogP contribution in [0.5, 0.6) is 0 Å². The second kappa shape index (κ2) is 4.70. The highest BCUT2D eigenvalue weighted by Crippen LogP contribution is 2.05. The van der Waals surface area contributed by atoms with Gasteiger partial charge in [-0.25, -0.2) is 5.06 Å². The predicted molar refractivity (Wildman–Crippen MR) is 55.3 cm³/mol. The summed E-state index contributed by atoms with van der Waals surface area (Å²) >= 11 is 0. The average molecular weight is 207 g/mol. The fourth-order valence-corrected chi connectivity index (χ4v) is 1.05. The van der Waals surface area contributed by atoms with Crippen LogP contribution in [0.15, 0.2) is 24.3 Å². The summed E-state index contributed by atoms with van der Waals surface area (Å²) in [5.74, 6) is -1.25. The van der Waals surface area contributed by atoms with E-state index in [1.54, 1.807) is 24.3 Å². The van der Waals surface area contributed by atoms with Gasteiger partial charge in [-0.2, -0.15) is 0 Å². The molecule has 0 unspecified atom stereocenters. The van der Waals surface area contributed by atoms with Crippen molar-refractivity contribution in [3.8, 4) is 0 Å². The van der Waals surface area contributed by atoms with Crippen molar-refractivity contribution in [3.63, 3.8) is 0 Å². The lowest BCUT2D eigenvalue weighted by Crippen LogP contribution is -2.32. The topological polar surface area (TPSA) is 46.6 Å². The Morgan fingerprint density at radius 2 is 1.73 bits per heavy atom. The van der Waals surface area contributed by atoms with Gasteiger partial charge in [0, 0.05) is 12.6 Å². The van der Waals surface area contributed by atoms with Gasteiger partial charge >= 0.3 is 5.91 Å². The number of carbonyl (C=O) groups excluding carboxylic acids is 2. The van der Waals surface area contributed by atoms with E-state index in [1.165, 1.54) is 14.2 Å². The molecule has 1 aromatic rings. The Labute approximate surface area is 88.4 Å². The molecule has 0 bridgehead atoms. The summed E-state index contributed by atoms with van der Waals surface area (Å²) < 4.78 is 0. The zero-order valence-corrected chi connectivity index (χ0v) is 8.98. The maximum atomic E-state index is 11.6. The monoisotopic (exact) mass is 207 g/mol. The van der Waals surface area contributed by atoms with Crippen LogP contribution in [0.25, 0.3) is 0 Å². The number of hydrogen-bond acceptors (Lipinski definition) is 3. The third-order valence-electron chi connectivity index (χ3n) is 2.07. The van der Waals surface area contributed by atoms with Crippen molar-refractivity contribution in [2.24, 2.45) is 0 Å². The van der Waals surface area contributed by atoms with Crippen LogP contribution in [-0.2, 0) is 9.63 Å². The van der Waals surface area contributed by atoms with Crippen molar-refractivity contribution < 1.29 is 14.4 Å². The number of amides is 1. The lowest BCUT2D eigenvalue weighted by atomic mass is 10.1. The summed E-state index contributed by atoms with van der Waals surface area (Å²) in [4.78, 5) is 27.6. The maximum Gasteiger partial charge on any atom is 0.318 e. The van der Waals surface area contributed by atoms with E-state index >= 15 is 0 Å². The maximum absolute atomic E-state index is 11.6. The molecule has 1 amide bonds. The number of ketones is 1. The van der Waals surface area contributed by atoms with Gasteiger partial charge in [0.05, 0.1) is 7.11 Å². The van der Waals surface area contributed by atoms with Crippen molar-refractivity contribution in [2.75, 3.05) is 14.2 Å². The van der Waals surface area contributed by atoms with E-state index < -0.39 is 11.7 Å². The molecular weight excluding hydrogens is 194 g/mol.